The van der Waals surface area contributed by atoms with Crippen molar-refractivity contribution in [3.63, 3.8) is 0 Å². The van der Waals surface area contributed by atoms with Gasteiger partial charge in [-0.25, -0.2) is 0 Å². The summed E-state index contributed by atoms with van der Waals surface area (Å²) in [6, 6.07) is 0. The van der Waals surface area contributed by atoms with Crippen molar-refractivity contribution >= 4 is 22.6 Å². The Morgan fingerprint density at radius 2 is 1.20 bits per heavy atom. The average molecular weight is 318 g/mol. The van der Waals surface area contributed by atoms with Gasteiger partial charge in [0.15, 0.2) is 0 Å². The zero-order valence-electron chi connectivity index (χ0n) is 9.63. The van der Waals surface area contributed by atoms with Crippen molar-refractivity contribution in [3.05, 3.63) is 12.2 Å². The molecule has 0 amide bonds. The van der Waals surface area contributed by atoms with Crippen LogP contribution >= 0.6 is 22.6 Å². The SMILES string of the molecule is IC1CCC(/C=C/C2CCCCC2)CC1. The highest BCUT2D eigenvalue weighted by atomic mass is 127. The van der Waals surface area contributed by atoms with Crippen LogP contribution in [0, 0.1) is 11.8 Å². The van der Waals surface area contributed by atoms with Gasteiger partial charge in [0.05, 0.1) is 0 Å². The van der Waals surface area contributed by atoms with Gasteiger partial charge in [-0.1, -0.05) is 54.0 Å². The fraction of sp³-hybridized carbons (Fsp3) is 0.857. The monoisotopic (exact) mass is 318 g/mol. The quantitative estimate of drug-likeness (QED) is 0.377. The Bertz CT molecular complexity index is 195. The predicted molar refractivity (Wildman–Crippen MR) is 75.5 cm³/mol. The third kappa shape index (κ3) is 4.08. The normalized spacial score (nSPS) is 34.7. The number of rotatable bonds is 2. The van der Waals surface area contributed by atoms with E-state index in [0.717, 1.165) is 15.8 Å². The summed E-state index contributed by atoms with van der Waals surface area (Å²) in [5, 5.41) is 0. The minimum atomic E-state index is 0.915. The molecule has 2 rings (SSSR count). The van der Waals surface area contributed by atoms with E-state index in [0.29, 0.717) is 0 Å². The molecule has 0 unspecified atom stereocenters. The Morgan fingerprint density at radius 3 is 1.80 bits per heavy atom. The Morgan fingerprint density at radius 1 is 0.667 bits per heavy atom. The molecule has 0 heterocycles. The molecule has 0 atom stereocenters. The van der Waals surface area contributed by atoms with Crippen molar-refractivity contribution < 1.29 is 0 Å². The van der Waals surface area contributed by atoms with Crippen molar-refractivity contribution in [2.24, 2.45) is 11.8 Å². The van der Waals surface area contributed by atoms with Crippen molar-refractivity contribution in [3.8, 4) is 0 Å². The summed E-state index contributed by atoms with van der Waals surface area (Å²) < 4.78 is 0.960. The van der Waals surface area contributed by atoms with Gasteiger partial charge < -0.3 is 0 Å². The lowest BCUT2D eigenvalue weighted by Crippen LogP contribution is -2.12. The first-order valence-corrected chi connectivity index (χ1v) is 7.91. The summed E-state index contributed by atoms with van der Waals surface area (Å²) in [7, 11) is 0. The average Bonchev–Trinajstić information content (AvgIpc) is 2.30. The van der Waals surface area contributed by atoms with Gasteiger partial charge in [0.2, 0.25) is 0 Å². The molecule has 0 N–H and O–H groups in total. The Kier molecular flexibility index (Phi) is 4.99. The van der Waals surface area contributed by atoms with Gasteiger partial charge in [-0.05, 0) is 50.4 Å². The van der Waals surface area contributed by atoms with Gasteiger partial charge in [0.1, 0.15) is 0 Å². The smallest absolute Gasteiger partial charge is 0.0110 e. The largest absolute Gasteiger partial charge is 0.0851 e. The molecule has 0 aromatic carbocycles. The molecule has 0 radical (unpaired) electrons. The second kappa shape index (κ2) is 6.27. The maximum absolute atomic E-state index is 2.61. The van der Waals surface area contributed by atoms with Gasteiger partial charge in [0.25, 0.3) is 0 Å². The molecular formula is C14H23I. The summed E-state index contributed by atoms with van der Waals surface area (Å²) in [5.74, 6) is 1.84. The van der Waals surface area contributed by atoms with Crippen LogP contribution in [-0.4, -0.2) is 3.92 Å². The second-order valence-corrected chi connectivity index (χ2v) is 7.06. The standard InChI is InChI=1S/C14H23I/c15-14-10-8-13(9-11-14)7-6-12-4-2-1-3-5-12/h6-7,12-14H,1-5,8-11H2/b7-6+. The molecule has 0 spiro atoms. The molecule has 0 bridgehead atoms. The fourth-order valence-corrected chi connectivity index (χ4v) is 3.63. The third-order valence-corrected chi connectivity index (χ3v) is 5.25. The molecule has 1 heteroatoms. The molecule has 0 nitrogen and oxygen atoms in total. The lowest BCUT2D eigenvalue weighted by molar-refractivity contribution is 0.407. The first kappa shape index (κ1) is 11.9. The second-order valence-electron chi connectivity index (χ2n) is 5.30. The van der Waals surface area contributed by atoms with Gasteiger partial charge in [-0.15, -0.1) is 0 Å². The minimum Gasteiger partial charge on any atom is -0.0851 e. The first-order chi connectivity index (χ1) is 7.34. The van der Waals surface area contributed by atoms with Crippen LogP contribution < -0.4 is 0 Å². The van der Waals surface area contributed by atoms with E-state index in [-0.39, 0.29) is 0 Å². The zero-order chi connectivity index (χ0) is 10.5. The molecule has 86 valence electrons. The van der Waals surface area contributed by atoms with Crippen LogP contribution in [-0.2, 0) is 0 Å². The van der Waals surface area contributed by atoms with E-state index in [1.807, 2.05) is 0 Å². The summed E-state index contributed by atoms with van der Waals surface area (Å²) in [4.78, 5) is 0. The molecule has 0 aromatic heterocycles. The van der Waals surface area contributed by atoms with E-state index in [2.05, 4.69) is 34.7 Å². The zero-order valence-corrected chi connectivity index (χ0v) is 11.8. The van der Waals surface area contributed by atoms with E-state index in [9.17, 15) is 0 Å². The maximum atomic E-state index is 2.61. The molecule has 2 aliphatic carbocycles. The lowest BCUT2D eigenvalue weighted by atomic mass is 9.85. The van der Waals surface area contributed by atoms with Crippen LogP contribution in [0.1, 0.15) is 57.8 Å². The first-order valence-electron chi connectivity index (χ1n) is 6.67. The van der Waals surface area contributed by atoms with Crippen LogP contribution in [0.4, 0.5) is 0 Å². The highest BCUT2D eigenvalue weighted by Gasteiger charge is 2.17. The maximum Gasteiger partial charge on any atom is 0.0110 e. The number of hydrogen-bond acceptors (Lipinski definition) is 0. The molecule has 15 heavy (non-hydrogen) atoms. The van der Waals surface area contributed by atoms with Crippen molar-refractivity contribution in [2.45, 2.75) is 61.7 Å². The highest BCUT2D eigenvalue weighted by Crippen LogP contribution is 2.31. The number of halogens is 1. The van der Waals surface area contributed by atoms with Crippen LogP contribution in [0.15, 0.2) is 12.2 Å². The topological polar surface area (TPSA) is 0 Å². The van der Waals surface area contributed by atoms with Crippen molar-refractivity contribution in [1.29, 1.82) is 0 Å². The Balaban J connectivity index is 1.73. The molecule has 0 saturated heterocycles. The summed E-state index contributed by atoms with van der Waals surface area (Å²) in [6.45, 7) is 0. The molecule has 2 saturated carbocycles. The van der Waals surface area contributed by atoms with Crippen LogP contribution in [0.5, 0.6) is 0 Å². The van der Waals surface area contributed by atoms with Gasteiger partial charge >= 0.3 is 0 Å². The Labute approximate surface area is 108 Å². The van der Waals surface area contributed by atoms with E-state index in [4.69, 9.17) is 0 Å². The molecule has 2 fully saturated rings. The lowest BCUT2D eigenvalue weighted by Gasteiger charge is -2.24. The van der Waals surface area contributed by atoms with Gasteiger partial charge in [-0.2, -0.15) is 0 Å². The summed E-state index contributed by atoms with van der Waals surface area (Å²) >= 11 is 2.61. The Hall–Kier alpha value is 0.470. The minimum absolute atomic E-state index is 0.915. The van der Waals surface area contributed by atoms with Crippen molar-refractivity contribution in [2.75, 3.05) is 0 Å². The molecule has 0 aromatic rings. The molecule has 2 aliphatic rings. The van der Waals surface area contributed by atoms with Gasteiger partial charge in [0, 0.05) is 3.92 Å². The van der Waals surface area contributed by atoms with Gasteiger partial charge in [-0.3, -0.25) is 0 Å². The molecule has 0 aliphatic heterocycles. The highest BCUT2D eigenvalue weighted by molar-refractivity contribution is 14.1. The van der Waals surface area contributed by atoms with E-state index < -0.39 is 0 Å². The van der Waals surface area contributed by atoms with E-state index >= 15 is 0 Å². The fourth-order valence-electron chi connectivity index (χ4n) is 2.91. The summed E-state index contributed by atoms with van der Waals surface area (Å²) in [6.07, 6.45) is 18.2. The van der Waals surface area contributed by atoms with Crippen LogP contribution in [0.2, 0.25) is 0 Å². The van der Waals surface area contributed by atoms with Crippen molar-refractivity contribution in [1.82, 2.24) is 0 Å². The van der Waals surface area contributed by atoms with Crippen LogP contribution in [0.25, 0.3) is 0 Å². The third-order valence-electron chi connectivity index (χ3n) is 4.01. The number of hydrogen-bond donors (Lipinski definition) is 0. The van der Waals surface area contributed by atoms with E-state index in [1.165, 1.54) is 57.8 Å². The molecular weight excluding hydrogens is 295 g/mol. The van der Waals surface area contributed by atoms with Crippen LogP contribution in [0.3, 0.4) is 0 Å². The predicted octanol–water partition coefficient (Wildman–Crippen LogP) is 5.12. The van der Waals surface area contributed by atoms with E-state index in [1.54, 1.807) is 0 Å². The summed E-state index contributed by atoms with van der Waals surface area (Å²) in [5.41, 5.74) is 0. The number of alkyl halides is 1. The number of allylic oxidation sites excluding steroid dienone is 2.